The molecule has 0 aliphatic heterocycles. The zero-order valence-corrected chi connectivity index (χ0v) is 10.1. The summed E-state index contributed by atoms with van der Waals surface area (Å²) in [5.41, 5.74) is 4.17. The van der Waals surface area contributed by atoms with Crippen LogP contribution in [0.25, 0.3) is 0 Å². The standard InChI is InChI=1S/C12H16FNO4/c1-17-8-18-10-4-2-3-9(5-10)6-12(14,7-13)11(15)16/h2-5H,6-8,14H2,1H3,(H,15,16). The maximum atomic E-state index is 12.7. The van der Waals surface area contributed by atoms with Crippen molar-refractivity contribution >= 4 is 5.97 Å². The van der Waals surface area contributed by atoms with Crippen molar-refractivity contribution in [2.24, 2.45) is 5.73 Å². The summed E-state index contributed by atoms with van der Waals surface area (Å²) in [4.78, 5) is 10.9. The van der Waals surface area contributed by atoms with Gasteiger partial charge in [-0.15, -0.1) is 0 Å². The summed E-state index contributed by atoms with van der Waals surface area (Å²) in [6.45, 7) is -1.05. The molecule has 6 heteroatoms. The van der Waals surface area contributed by atoms with Crippen LogP contribution in [0.4, 0.5) is 4.39 Å². The van der Waals surface area contributed by atoms with E-state index in [-0.39, 0.29) is 13.2 Å². The Hall–Kier alpha value is -1.66. The zero-order chi connectivity index (χ0) is 13.6. The van der Waals surface area contributed by atoms with Crippen molar-refractivity contribution in [3.05, 3.63) is 29.8 Å². The van der Waals surface area contributed by atoms with Crippen molar-refractivity contribution in [2.45, 2.75) is 12.0 Å². The summed E-state index contributed by atoms with van der Waals surface area (Å²) < 4.78 is 22.7. The molecule has 1 rings (SSSR count). The van der Waals surface area contributed by atoms with E-state index in [2.05, 4.69) is 0 Å². The number of carbonyl (C=O) groups is 1. The highest BCUT2D eigenvalue weighted by Gasteiger charge is 2.34. The van der Waals surface area contributed by atoms with Gasteiger partial charge in [-0.1, -0.05) is 12.1 Å². The van der Waals surface area contributed by atoms with E-state index >= 15 is 0 Å². The van der Waals surface area contributed by atoms with Gasteiger partial charge in [-0.3, -0.25) is 4.79 Å². The van der Waals surface area contributed by atoms with Gasteiger partial charge in [-0.25, -0.2) is 4.39 Å². The molecule has 0 fully saturated rings. The maximum absolute atomic E-state index is 12.7. The molecule has 0 aromatic heterocycles. The third kappa shape index (κ3) is 3.68. The number of benzene rings is 1. The van der Waals surface area contributed by atoms with Crippen LogP contribution in [0.15, 0.2) is 24.3 Å². The Morgan fingerprint density at radius 3 is 2.83 bits per heavy atom. The van der Waals surface area contributed by atoms with Crippen LogP contribution >= 0.6 is 0 Å². The molecule has 18 heavy (non-hydrogen) atoms. The SMILES string of the molecule is COCOc1cccc(CC(N)(CF)C(=O)O)c1. The molecule has 0 aliphatic carbocycles. The first kappa shape index (κ1) is 14.4. The number of nitrogens with two attached hydrogens (primary N) is 1. The lowest BCUT2D eigenvalue weighted by Crippen LogP contribution is -2.52. The van der Waals surface area contributed by atoms with Crippen LogP contribution in [0.2, 0.25) is 0 Å². The first-order valence-corrected chi connectivity index (χ1v) is 5.31. The molecular formula is C12H16FNO4. The van der Waals surface area contributed by atoms with Crippen LogP contribution in [0.1, 0.15) is 5.56 Å². The first-order valence-electron chi connectivity index (χ1n) is 5.31. The lowest BCUT2D eigenvalue weighted by Gasteiger charge is -2.21. The minimum atomic E-state index is -1.90. The second-order valence-corrected chi connectivity index (χ2v) is 3.97. The normalized spacial score (nSPS) is 13.9. The van der Waals surface area contributed by atoms with Gasteiger partial charge in [0.05, 0.1) is 0 Å². The van der Waals surface area contributed by atoms with Crippen molar-refractivity contribution < 1.29 is 23.8 Å². The Morgan fingerprint density at radius 1 is 1.56 bits per heavy atom. The number of alkyl halides is 1. The van der Waals surface area contributed by atoms with Crippen LogP contribution in [0.3, 0.4) is 0 Å². The number of hydrogen-bond acceptors (Lipinski definition) is 4. The molecule has 0 saturated carbocycles. The van der Waals surface area contributed by atoms with Gasteiger partial charge in [0.1, 0.15) is 18.0 Å². The molecule has 1 unspecified atom stereocenters. The summed E-state index contributed by atoms with van der Waals surface area (Å²) in [7, 11) is 1.49. The molecule has 1 atom stereocenters. The lowest BCUT2D eigenvalue weighted by molar-refractivity contribution is -0.143. The third-order valence-electron chi connectivity index (χ3n) is 2.43. The fraction of sp³-hybridized carbons (Fsp3) is 0.417. The molecule has 0 spiro atoms. The summed E-state index contributed by atoms with van der Waals surface area (Å²) >= 11 is 0. The largest absolute Gasteiger partial charge is 0.480 e. The van der Waals surface area contributed by atoms with Crippen molar-refractivity contribution in [1.82, 2.24) is 0 Å². The number of carboxylic acid groups (broad SMARTS) is 1. The van der Waals surface area contributed by atoms with Gasteiger partial charge in [0.25, 0.3) is 0 Å². The smallest absolute Gasteiger partial charge is 0.326 e. The van der Waals surface area contributed by atoms with Crippen molar-refractivity contribution in [3.63, 3.8) is 0 Å². The van der Waals surface area contributed by atoms with Gasteiger partial charge in [0, 0.05) is 13.5 Å². The van der Waals surface area contributed by atoms with Gasteiger partial charge in [0.15, 0.2) is 6.79 Å². The van der Waals surface area contributed by atoms with Gasteiger partial charge in [-0.05, 0) is 17.7 Å². The van der Waals surface area contributed by atoms with E-state index in [0.29, 0.717) is 11.3 Å². The fourth-order valence-electron chi connectivity index (χ4n) is 1.42. The fourth-order valence-corrected chi connectivity index (χ4v) is 1.42. The topological polar surface area (TPSA) is 81.8 Å². The Balaban J connectivity index is 2.80. The van der Waals surface area contributed by atoms with Gasteiger partial charge >= 0.3 is 5.97 Å². The Bertz CT molecular complexity index is 413. The summed E-state index contributed by atoms with van der Waals surface area (Å²) in [5, 5.41) is 8.89. The van der Waals surface area contributed by atoms with Crippen LogP contribution in [0, 0.1) is 0 Å². The third-order valence-corrected chi connectivity index (χ3v) is 2.43. The van der Waals surface area contributed by atoms with Crippen LogP contribution in [0.5, 0.6) is 5.75 Å². The summed E-state index contributed by atoms with van der Waals surface area (Å²) in [5.74, 6) is -0.853. The molecule has 0 aliphatic rings. The van der Waals surface area contributed by atoms with E-state index in [4.69, 9.17) is 20.3 Å². The number of aliphatic carboxylic acids is 1. The second kappa shape index (κ2) is 6.32. The number of methoxy groups -OCH3 is 1. The quantitative estimate of drug-likeness (QED) is 0.711. The summed E-state index contributed by atoms with van der Waals surface area (Å²) in [6.07, 6.45) is -0.108. The van der Waals surface area contributed by atoms with Crippen LogP contribution in [-0.2, 0) is 16.0 Å². The van der Waals surface area contributed by atoms with Gasteiger partial charge in [0.2, 0.25) is 0 Å². The molecule has 1 aromatic carbocycles. The van der Waals surface area contributed by atoms with E-state index in [1.165, 1.54) is 7.11 Å². The predicted octanol–water partition coefficient (Wildman–Crippen LogP) is 0.963. The molecule has 0 saturated heterocycles. The van der Waals surface area contributed by atoms with E-state index in [1.54, 1.807) is 24.3 Å². The predicted molar refractivity (Wildman–Crippen MR) is 63.2 cm³/mol. The van der Waals surface area contributed by atoms with Crippen LogP contribution in [-0.4, -0.2) is 37.2 Å². The second-order valence-electron chi connectivity index (χ2n) is 3.97. The molecule has 1 aromatic rings. The monoisotopic (exact) mass is 257 g/mol. The Labute approximate surface area is 104 Å². The highest BCUT2D eigenvalue weighted by atomic mass is 19.1. The average Bonchev–Trinajstić information content (AvgIpc) is 2.36. The lowest BCUT2D eigenvalue weighted by atomic mass is 9.93. The number of carboxylic acids is 1. The van der Waals surface area contributed by atoms with Gasteiger partial charge in [-0.2, -0.15) is 0 Å². The van der Waals surface area contributed by atoms with E-state index in [9.17, 15) is 9.18 Å². The molecule has 100 valence electrons. The van der Waals surface area contributed by atoms with E-state index in [1.807, 2.05) is 0 Å². The molecule has 0 heterocycles. The van der Waals surface area contributed by atoms with E-state index < -0.39 is 18.2 Å². The summed E-state index contributed by atoms with van der Waals surface area (Å²) in [6, 6.07) is 6.65. The molecule has 0 bridgehead atoms. The highest BCUT2D eigenvalue weighted by molar-refractivity contribution is 5.79. The van der Waals surface area contributed by atoms with Crippen molar-refractivity contribution in [3.8, 4) is 5.75 Å². The molecule has 0 radical (unpaired) electrons. The molecule has 5 nitrogen and oxygen atoms in total. The molecule has 0 amide bonds. The number of hydrogen-bond donors (Lipinski definition) is 2. The highest BCUT2D eigenvalue weighted by Crippen LogP contribution is 2.18. The van der Waals surface area contributed by atoms with Crippen LogP contribution < -0.4 is 10.5 Å². The maximum Gasteiger partial charge on any atom is 0.326 e. The molecular weight excluding hydrogens is 241 g/mol. The first-order chi connectivity index (χ1) is 8.51. The number of halogens is 1. The number of rotatable bonds is 7. The molecule has 3 N–H and O–H groups in total. The Morgan fingerprint density at radius 2 is 2.28 bits per heavy atom. The Kier molecular flexibility index (Phi) is 5.06. The minimum absolute atomic E-state index is 0.0826. The average molecular weight is 257 g/mol. The number of ether oxygens (including phenoxy) is 2. The van der Waals surface area contributed by atoms with Crippen molar-refractivity contribution in [1.29, 1.82) is 0 Å². The van der Waals surface area contributed by atoms with Gasteiger partial charge < -0.3 is 20.3 Å². The van der Waals surface area contributed by atoms with E-state index in [0.717, 1.165) is 0 Å². The zero-order valence-electron chi connectivity index (χ0n) is 10.1. The van der Waals surface area contributed by atoms with Crippen molar-refractivity contribution in [2.75, 3.05) is 20.6 Å². The minimum Gasteiger partial charge on any atom is -0.480 e.